The van der Waals surface area contributed by atoms with Crippen LogP contribution in [-0.2, 0) is 22.4 Å². The Bertz CT molecular complexity index is 1390. The van der Waals surface area contributed by atoms with E-state index in [4.69, 9.17) is 4.74 Å². The number of carbonyl (C=O) groups is 1. The molecule has 1 unspecified atom stereocenters. The Balaban J connectivity index is 0.000000586. The van der Waals surface area contributed by atoms with E-state index in [1.165, 1.54) is 34.9 Å². The molecule has 1 atom stereocenters. The minimum Gasteiger partial charge on any atom is -0.464 e. The van der Waals surface area contributed by atoms with E-state index in [9.17, 15) is 22.1 Å². The third-order valence-electron chi connectivity index (χ3n) is 6.38. The monoisotopic (exact) mass is 507 g/mol. The SMILES string of the molecule is COC(=O)C(c1ccccc1)[n+]1c(C)cc(-c2ccccc2)c2c1-c1ccccc1CC2.F[B-](F)(F)F. The molecule has 1 heterocycles. The Kier molecular flexibility index (Phi) is 7.76. The molecular weight excluding hydrogens is 481 g/mol. The molecule has 0 spiro atoms. The predicted octanol–water partition coefficient (Wildman–Crippen LogP) is 6.78. The summed E-state index contributed by atoms with van der Waals surface area (Å²) in [5, 5.41) is 0. The van der Waals surface area contributed by atoms with Gasteiger partial charge in [-0.1, -0.05) is 78.9 Å². The van der Waals surface area contributed by atoms with Crippen LogP contribution >= 0.6 is 0 Å². The van der Waals surface area contributed by atoms with Crippen LogP contribution in [-0.4, -0.2) is 20.3 Å². The predicted molar refractivity (Wildman–Crippen MR) is 136 cm³/mol. The Morgan fingerprint density at radius 3 is 2.03 bits per heavy atom. The minimum absolute atomic E-state index is 0.262. The molecular formula is C29H26BF4NO2. The lowest BCUT2D eigenvalue weighted by molar-refractivity contribution is -0.697. The van der Waals surface area contributed by atoms with Crippen molar-refractivity contribution in [1.29, 1.82) is 0 Å². The van der Waals surface area contributed by atoms with Gasteiger partial charge in [0.15, 0.2) is 5.69 Å². The number of rotatable bonds is 4. The highest BCUT2D eigenvalue weighted by molar-refractivity contribution is 6.50. The molecule has 0 fully saturated rings. The Hall–Kier alpha value is -3.94. The quantitative estimate of drug-likeness (QED) is 0.132. The van der Waals surface area contributed by atoms with Crippen molar-refractivity contribution >= 4 is 13.2 Å². The summed E-state index contributed by atoms with van der Waals surface area (Å²) in [6.45, 7) is 2.09. The number of benzene rings is 3. The summed E-state index contributed by atoms with van der Waals surface area (Å²) in [4.78, 5) is 13.2. The smallest absolute Gasteiger partial charge is 0.464 e. The van der Waals surface area contributed by atoms with Gasteiger partial charge < -0.3 is 22.0 Å². The second-order valence-corrected chi connectivity index (χ2v) is 8.75. The summed E-state index contributed by atoms with van der Waals surface area (Å²) in [5.41, 5.74) is 9.29. The molecule has 0 radical (unpaired) electrons. The van der Waals surface area contributed by atoms with Gasteiger partial charge >= 0.3 is 13.2 Å². The molecule has 0 bridgehead atoms. The number of aryl methyl sites for hydroxylation is 2. The number of nitrogens with zero attached hydrogens (tertiary/aromatic N) is 1. The molecule has 3 nitrogen and oxygen atoms in total. The van der Waals surface area contributed by atoms with Gasteiger partial charge in [-0.15, -0.1) is 0 Å². The van der Waals surface area contributed by atoms with E-state index in [1.807, 2.05) is 36.4 Å². The van der Waals surface area contributed by atoms with E-state index < -0.39 is 13.3 Å². The second-order valence-electron chi connectivity index (χ2n) is 8.75. The van der Waals surface area contributed by atoms with Gasteiger partial charge in [-0.05, 0) is 35.6 Å². The molecule has 0 aliphatic heterocycles. The molecule has 0 amide bonds. The summed E-state index contributed by atoms with van der Waals surface area (Å²) in [7, 11) is -4.53. The molecule has 0 saturated carbocycles. The van der Waals surface area contributed by atoms with Crippen LogP contribution in [0.3, 0.4) is 0 Å². The van der Waals surface area contributed by atoms with Gasteiger partial charge in [-0.3, -0.25) is 0 Å². The molecule has 37 heavy (non-hydrogen) atoms. The number of pyridine rings is 1. The highest BCUT2D eigenvalue weighted by atomic mass is 19.5. The molecule has 0 saturated heterocycles. The van der Waals surface area contributed by atoms with Crippen LogP contribution in [0.15, 0.2) is 91.0 Å². The number of hydrogen-bond acceptors (Lipinski definition) is 2. The van der Waals surface area contributed by atoms with Gasteiger partial charge in [-0.2, -0.15) is 4.57 Å². The van der Waals surface area contributed by atoms with Crippen LogP contribution in [0, 0.1) is 6.92 Å². The fourth-order valence-corrected chi connectivity index (χ4v) is 4.93. The van der Waals surface area contributed by atoms with Crippen LogP contribution in [0.5, 0.6) is 0 Å². The second kappa shape index (κ2) is 11.0. The maximum Gasteiger partial charge on any atom is 0.673 e. The van der Waals surface area contributed by atoms with Crippen LogP contribution in [0.25, 0.3) is 22.4 Å². The zero-order valence-corrected chi connectivity index (χ0v) is 20.5. The molecule has 1 aliphatic rings. The van der Waals surface area contributed by atoms with Crippen molar-refractivity contribution in [2.75, 3.05) is 7.11 Å². The van der Waals surface area contributed by atoms with Gasteiger partial charge in [0.05, 0.1) is 7.11 Å². The fourth-order valence-electron chi connectivity index (χ4n) is 4.93. The van der Waals surface area contributed by atoms with Crippen molar-refractivity contribution in [3.05, 3.63) is 113 Å². The first-order valence-electron chi connectivity index (χ1n) is 11.9. The highest BCUT2D eigenvalue weighted by Crippen LogP contribution is 2.38. The normalized spacial score (nSPS) is 12.9. The van der Waals surface area contributed by atoms with E-state index in [0.29, 0.717) is 0 Å². The van der Waals surface area contributed by atoms with Crippen molar-refractivity contribution in [1.82, 2.24) is 0 Å². The van der Waals surface area contributed by atoms with Gasteiger partial charge in [-0.25, -0.2) is 4.79 Å². The molecule has 3 aromatic carbocycles. The minimum atomic E-state index is -6.00. The number of halogens is 4. The number of aromatic nitrogens is 1. The number of ether oxygens (including phenoxy) is 1. The van der Waals surface area contributed by atoms with Crippen molar-refractivity contribution in [3.63, 3.8) is 0 Å². The number of hydrogen-bond donors (Lipinski definition) is 0. The Morgan fingerprint density at radius 2 is 1.41 bits per heavy atom. The van der Waals surface area contributed by atoms with E-state index in [2.05, 4.69) is 66.1 Å². The number of fused-ring (bicyclic) bond motifs is 3. The van der Waals surface area contributed by atoms with Crippen LogP contribution in [0.1, 0.15) is 28.4 Å². The Morgan fingerprint density at radius 1 is 0.838 bits per heavy atom. The van der Waals surface area contributed by atoms with Crippen molar-refractivity contribution in [2.24, 2.45) is 0 Å². The molecule has 0 N–H and O–H groups in total. The van der Waals surface area contributed by atoms with Crippen LogP contribution < -0.4 is 4.57 Å². The molecule has 8 heteroatoms. The van der Waals surface area contributed by atoms with E-state index >= 15 is 0 Å². The Labute approximate surface area is 213 Å². The third-order valence-corrected chi connectivity index (χ3v) is 6.38. The largest absolute Gasteiger partial charge is 0.673 e. The molecule has 5 rings (SSSR count). The summed E-state index contributed by atoms with van der Waals surface area (Å²) in [6.07, 6.45) is 1.92. The zero-order valence-electron chi connectivity index (χ0n) is 20.5. The lowest BCUT2D eigenvalue weighted by Crippen LogP contribution is -2.50. The summed E-state index contributed by atoms with van der Waals surface area (Å²) in [6, 6.07) is 30.7. The van der Waals surface area contributed by atoms with Crippen LogP contribution in [0.2, 0.25) is 0 Å². The number of esters is 1. The summed E-state index contributed by atoms with van der Waals surface area (Å²) < 4.78 is 46.5. The summed E-state index contributed by atoms with van der Waals surface area (Å²) >= 11 is 0. The maximum atomic E-state index is 13.2. The van der Waals surface area contributed by atoms with Crippen molar-refractivity contribution in [2.45, 2.75) is 25.8 Å². The summed E-state index contributed by atoms with van der Waals surface area (Å²) in [5.74, 6) is -0.262. The van der Waals surface area contributed by atoms with E-state index in [1.54, 1.807) is 0 Å². The van der Waals surface area contributed by atoms with Gasteiger partial charge in [0.1, 0.15) is 0 Å². The number of carbonyl (C=O) groups excluding carboxylic acids is 1. The lowest BCUT2D eigenvalue weighted by Gasteiger charge is -2.24. The highest BCUT2D eigenvalue weighted by Gasteiger charge is 2.39. The van der Waals surface area contributed by atoms with Crippen LogP contribution in [0.4, 0.5) is 17.3 Å². The molecule has 1 aliphatic carbocycles. The molecule has 4 aromatic rings. The van der Waals surface area contributed by atoms with Crippen molar-refractivity contribution in [3.8, 4) is 22.4 Å². The molecule has 190 valence electrons. The van der Waals surface area contributed by atoms with E-state index in [-0.39, 0.29) is 5.97 Å². The first kappa shape index (κ1) is 26.1. The fraction of sp³-hybridized carbons (Fsp3) is 0.172. The third kappa shape index (κ3) is 5.90. The average molecular weight is 507 g/mol. The first-order chi connectivity index (χ1) is 17.7. The maximum absolute atomic E-state index is 13.2. The lowest BCUT2D eigenvalue weighted by atomic mass is 9.83. The van der Waals surface area contributed by atoms with E-state index in [0.717, 1.165) is 29.8 Å². The first-order valence-corrected chi connectivity index (χ1v) is 11.9. The molecule has 1 aromatic heterocycles. The van der Waals surface area contributed by atoms with Crippen molar-refractivity contribution < 1.29 is 31.4 Å². The average Bonchev–Trinajstić information content (AvgIpc) is 2.89. The van der Waals surface area contributed by atoms with Gasteiger partial charge in [0.25, 0.3) is 6.04 Å². The number of methoxy groups -OCH3 is 1. The standard InChI is InChI=1S/C29H26NO2.BF4/c1-20-19-26(21-11-5-3-6-12-21)25-18-17-22-13-9-10-16-24(22)28(25)30(20)27(29(31)32-2)23-14-7-4-8-15-23;2-1(3,4)5/h3-16,19,27H,17-18H2,1-2H3;/q+1;-1. The topological polar surface area (TPSA) is 30.2 Å². The van der Waals surface area contributed by atoms with Gasteiger partial charge in [0, 0.05) is 29.7 Å². The van der Waals surface area contributed by atoms with Gasteiger partial charge in [0.2, 0.25) is 5.69 Å². The zero-order chi connectivity index (χ0) is 26.6.